The highest BCUT2D eigenvalue weighted by Gasteiger charge is 2.06. The van der Waals surface area contributed by atoms with E-state index in [1.165, 1.54) is 25.3 Å². The molecule has 0 aromatic heterocycles. The van der Waals surface area contributed by atoms with E-state index < -0.39 is 6.61 Å². The molecule has 0 unspecified atom stereocenters. The molecule has 1 amide bonds. The molecule has 0 aliphatic rings. The Kier molecular flexibility index (Phi) is 4.44. The van der Waals surface area contributed by atoms with E-state index >= 15 is 0 Å². The maximum Gasteiger partial charge on any atom is 0.387 e. The summed E-state index contributed by atoms with van der Waals surface area (Å²) in [5, 5.41) is 2.38. The van der Waals surface area contributed by atoms with Crippen LogP contribution in [0.25, 0.3) is 6.08 Å². The van der Waals surface area contributed by atoms with E-state index in [9.17, 15) is 13.6 Å². The van der Waals surface area contributed by atoms with Crippen LogP contribution in [0.5, 0.6) is 5.75 Å². The summed E-state index contributed by atoms with van der Waals surface area (Å²) in [5.74, 6) is -0.274. The van der Waals surface area contributed by atoms with Gasteiger partial charge >= 0.3 is 6.61 Å². The maximum atomic E-state index is 12.0. The monoisotopic (exact) mass is 227 g/mol. The second-order valence-electron chi connectivity index (χ2n) is 2.86. The van der Waals surface area contributed by atoms with Crippen LogP contribution in [0.15, 0.2) is 30.3 Å². The number of alkyl halides is 2. The minimum Gasteiger partial charge on any atom is -0.434 e. The van der Waals surface area contributed by atoms with Crippen LogP contribution in [0, 0.1) is 0 Å². The number of hydrogen-bond donors (Lipinski definition) is 1. The van der Waals surface area contributed by atoms with Crippen molar-refractivity contribution in [2.24, 2.45) is 0 Å². The molecule has 0 aliphatic heterocycles. The summed E-state index contributed by atoms with van der Waals surface area (Å²) in [6.45, 7) is -2.88. The minimum absolute atomic E-state index is 0.0395. The third kappa shape index (κ3) is 3.68. The van der Waals surface area contributed by atoms with Crippen LogP contribution in [-0.2, 0) is 4.79 Å². The van der Waals surface area contributed by atoms with E-state index in [2.05, 4.69) is 10.1 Å². The molecule has 0 radical (unpaired) electrons. The number of benzene rings is 1. The largest absolute Gasteiger partial charge is 0.434 e. The van der Waals surface area contributed by atoms with Gasteiger partial charge in [-0.05, 0) is 12.1 Å². The zero-order valence-electron chi connectivity index (χ0n) is 8.61. The van der Waals surface area contributed by atoms with Crippen molar-refractivity contribution in [3.05, 3.63) is 35.9 Å². The summed E-state index contributed by atoms with van der Waals surface area (Å²) < 4.78 is 28.4. The molecule has 86 valence electrons. The molecule has 3 nitrogen and oxygen atoms in total. The molecule has 0 spiro atoms. The Morgan fingerprint density at radius 2 is 2.12 bits per heavy atom. The maximum absolute atomic E-state index is 12.0. The first-order chi connectivity index (χ1) is 7.63. The number of halogens is 2. The summed E-state index contributed by atoms with van der Waals surface area (Å²) in [6.07, 6.45) is 2.66. The Labute approximate surface area is 91.7 Å². The van der Waals surface area contributed by atoms with Crippen molar-refractivity contribution in [2.45, 2.75) is 6.61 Å². The molecule has 5 heteroatoms. The van der Waals surface area contributed by atoms with Gasteiger partial charge in [0.1, 0.15) is 5.75 Å². The van der Waals surface area contributed by atoms with Gasteiger partial charge in [-0.1, -0.05) is 18.2 Å². The first-order valence-electron chi connectivity index (χ1n) is 4.57. The number of amides is 1. The molecular formula is C11H11F2NO2. The predicted molar refractivity (Wildman–Crippen MR) is 56.2 cm³/mol. The predicted octanol–water partition coefficient (Wildman–Crippen LogP) is 2.05. The number of ether oxygens (including phenoxy) is 1. The quantitative estimate of drug-likeness (QED) is 0.799. The molecule has 0 heterocycles. The third-order valence-corrected chi connectivity index (χ3v) is 1.80. The Balaban J connectivity index is 2.86. The zero-order chi connectivity index (χ0) is 12.0. The first-order valence-corrected chi connectivity index (χ1v) is 4.57. The van der Waals surface area contributed by atoms with Gasteiger partial charge in [0.05, 0.1) is 0 Å². The van der Waals surface area contributed by atoms with Crippen LogP contribution < -0.4 is 10.1 Å². The van der Waals surface area contributed by atoms with Crippen molar-refractivity contribution in [3.8, 4) is 5.75 Å². The van der Waals surface area contributed by atoms with Gasteiger partial charge in [-0.3, -0.25) is 4.79 Å². The molecule has 0 bridgehead atoms. The van der Waals surface area contributed by atoms with E-state index in [1.807, 2.05) is 0 Å². The lowest BCUT2D eigenvalue weighted by Crippen LogP contribution is -2.13. The Morgan fingerprint density at radius 1 is 1.44 bits per heavy atom. The van der Waals surface area contributed by atoms with Crippen molar-refractivity contribution in [1.82, 2.24) is 5.32 Å². The van der Waals surface area contributed by atoms with Crippen LogP contribution >= 0.6 is 0 Å². The average molecular weight is 227 g/mol. The second-order valence-corrected chi connectivity index (χ2v) is 2.86. The molecule has 1 N–H and O–H groups in total. The molecular weight excluding hydrogens is 216 g/mol. The molecule has 0 saturated carbocycles. The smallest absolute Gasteiger partial charge is 0.387 e. The van der Waals surface area contributed by atoms with Gasteiger partial charge in [0.2, 0.25) is 5.91 Å². The lowest BCUT2D eigenvalue weighted by molar-refractivity contribution is -0.115. The third-order valence-electron chi connectivity index (χ3n) is 1.80. The van der Waals surface area contributed by atoms with Gasteiger partial charge in [0, 0.05) is 18.7 Å². The van der Waals surface area contributed by atoms with Crippen LogP contribution in [0.4, 0.5) is 8.78 Å². The van der Waals surface area contributed by atoms with Crippen molar-refractivity contribution in [1.29, 1.82) is 0 Å². The highest BCUT2D eigenvalue weighted by Crippen LogP contribution is 2.21. The lowest BCUT2D eigenvalue weighted by Gasteiger charge is -2.06. The van der Waals surface area contributed by atoms with Gasteiger partial charge in [-0.15, -0.1) is 0 Å². The van der Waals surface area contributed by atoms with E-state index in [4.69, 9.17) is 0 Å². The second kappa shape index (κ2) is 5.85. The first kappa shape index (κ1) is 12.2. The summed E-state index contributed by atoms with van der Waals surface area (Å²) in [5.41, 5.74) is 0.423. The molecule has 0 atom stereocenters. The van der Waals surface area contributed by atoms with E-state index in [0.717, 1.165) is 0 Å². The fourth-order valence-electron chi connectivity index (χ4n) is 1.07. The molecule has 1 aromatic rings. The fraction of sp³-hybridized carbons (Fsp3) is 0.182. The average Bonchev–Trinajstić information content (AvgIpc) is 2.26. The van der Waals surface area contributed by atoms with E-state index in [-0.39, 0.29) is 11.7 Å². The Hall–Kier alpha value is -1.91. The normalized spacial score (nSPS) is 10.8. The van der Waals surface area contributed by atoms with E-state index in [0.29, 0.717) is 5.56 Å². The molecule has 0 aliphatic carbocycles. The standard InChI is InChI=1S/C11H11F2NO2/c1-14-10(15)7-6-8-4-2-3-5-9(8)16-11(12)13/h2-7,11H,1H3,(H,14,15). The fourth-order valence-corrected chi connectivity index (χ4v) is 1.07. The summed E-state index contributed by atoms with van der Waals surface area (Å²) >= 11 is 0. The Bertz CT molecular complexity index is 391. The van der Waals surface area contributed by atoms with Crippen LogP contribution in [0.3, 0.4) is 0 Å². The number of likely N-dealkylation sites (N-methyl/N-ethyl adjacent to an activating group) is 1. The molecule has 0 saturated heterocycles. The van der Waals surface area contributed by atoms with Gasteiger partial charge in [-0.25, -0.2) is 0 Å². The van der Waals surface area contributed by atoms with Crippen molar-refractivity contribution in [2.75, 3.05) is 7.05 Å². The number of para-hydroxylation sites is 1. The number of rotatable bonds is 4. The SMILES string of the molecule is CNC(=O)C=Cc1ccccc1OC(F)F. The number of nitrogens with one attached hydrogen (secondary N) is 1. The van der Waals surface area contributed by atoms with Gasteiger partial charge in [0.25, 0.3) is 0 Å². The molecule has 0 fully saturated rings. The molecule has 1 rings (SSSR count). The van der Waals surface area contributed by atoms with Gasteiger partial charge in [-0.2, -0.15) is 8.78 Å². The summed E-state index contributed by atoms with van der Waals surface area (Å²) in [6, 6.07) is 6.24. The van der Waals surface area contributed by atoms with Crippen LogP contribution in [-0.4, -0.2) is 19.6 Å². The van der Waals surface area contributed by atoms with Gasteiger partial charge < -0.3 is 10.1 Å². The van der Waals surface area contributed by atoms with Crippen LogP contribution in [0.1, 0.15) is 5.56 Å². The summed E-state index contributed by atoms with van der Waals surface area (Å²) in [4.78, 5) is 10.9. The number of carbonyl (C=O) groups is 1. The van der Waals surface area contributed by atoms with Crippen molar-refractivity contribution in [3.63, 3.8) is 0 Å². The Morgan fingerprint density at radius 3 is 2.75 bits per heavy atom. The highest BCUT2D eigenvalue weighted by molar-refractivity contribution is 5.91. The molecule has 1 aromatic carbocycles. The topological polar surface area (TPSA) is 38.3 Å². The highest BCUT2D eigenvalue weighted by atomic mass is 19.3. The van der Waals surface area contributed by atoms with E-state index in [1.54, 1.807) is 18.2 Å². The minimum atomic E-state index is -2.88. The van der Waals surface area contributed by atoms with Crippen LogP contribution in [0.2, 0.25) is 0 Å². The number of hydrogen-bond acceptors (Lipinski definition) is 2. The lowest BCUT2D eigenvalue weighted by atomic mass is 10.2. The molecule has 16 heavy (non-hydrogen) atoms. The van der Waals surface area contributed by atoms with Gasteiger partial charge in [0.15, 0.2) is 0 Å². The van der Waals surface area contributed by atoms with Crippen molar-refractivity contribution < 1.29 is 18.3 Å². The van der Waals surface area contributed by atoms with Crippen molar-refractivity contribution >= 4 is 12.0 Å². The number of carbonyl (C=O) groups excluding carboxylic acids is 1. The summed E-state index contributed by atoms with van der Waals surface area (Å²) in [7, 11) is 1.48. The zero-order valence-corrected chi connectivity index (χ0v) is 8.61.